The zero-order valence-electron chi connectivity index (χ0n) is 11.2. The van der Waals surface area contributed by atoms with Gasteiger partial charge in [-0.15, -0.1) is 0 Å². The van der Waals surface area contributed by atoms with E-state index in [1.54, 1.807) is 0 Å². The van der Waals surface area contributed by atoms with E-state index in [4.69, 9.17) is 0 Å². The van der Waals surface area contributed by atoms with E-state index < -0.39 is 0 Å². The molecule has 0 saturated heterocycles. The van der Waals surface area contributed by atoms with Gasteiger partial charge in [-0.1, -0.05) is 20.3 Å². The molecule has 1 N–H and O–H groups in total. The number of rotatable bonds is 3. The third-order valence-corrected chi connectivity index (χ3v) is 6.02. The molecule has 0 radical (unpaired) electrons. The van der Waals surface area contributed by atoms with Crippen molar-refractivity contribution in [2.75, 3.05) is 6.54 Å². The van der Waals surface area contributed by atoms with Crippen LogP contribution in [-0.2, 0) is 4.79 Å². The number of hydrogen-bond acceptors (Lipinski definition) is 1. The Balaban J connectivity index is 1.50. The molecule has 17 heavy (non-hydrogen) atoms. The topological polar surface area (TPSA) is 29.1 Å². The molecule has 0 heterocycles. The molecular formula is C15H25NO. The lowest BCUT2D eigenvalue weighted by Crippen LogP contribution is -2.55. The van der Waals surface area contributed by atoms with Crippen molar-refractivity contribution in [3.8, 4) is 0 Å². The van der Waals surface area contributed by atoms with Gasteiger partial charge in [-0.3, -0.25) is 4.79 Å². The molecule has 3 unspecified atom stereocenters. The lowest BCUT2D eigenvalue weighted by molar-refractivity contribution is -0.130. The molecule has 2 bridgehead atoms. The summed E-state index contributed by atoms with van der Waals surface area (Å²) in [5.74, 6) is 3.25. The van der Waals surface area contributed by atoms with Crippen molar-refractivity contribution in [3.05, 3.63) is 0 Å². The molecule has 96 valence electrons. The Hall–Kier alpha value is -0.530. The normalized spacial score (nSPS) is 39.1. The molecule has 0 aliphatic heterocycles. The highest BCUT2D eigenvalue weighted by atomic mass is 16.1. The maximum atomic E-state index is 11.8. The van der Waals surface area contributed by atoms with Crippen LogP contribution >= 0.6 is 0 Å². The monoisotopic (exact) mass is 235 g/mol. The lowest BCUT2D eigenvalue weighted by Gasteiger charge is -2.60. The largest absolute Gasteiger partial charge is 0.356 e. The molecule has 0 aromatic heterocycles. The summed E-state index contributed by atoms with van der Waals surface area (Å²) >= 11 is 0. The standard InChI is InChI=1S/C15H25NO/c1-15(2)12-7-6-11(13(15)8-12)9-16-14(17)10-4-3-5-10/h10-13H,3-9H2,1-2H3,(H,16,17). The first-order valence-electron chi connectivity index (χ1n) is 7.36. The minimum absolute atomic E-state index is 0.329. The maximum absolute atomic E-state index is 11.8. The van der Waals surface area contributed by atoms with Crippen LogP contribution < -0.4 is 5.32 Å². The van der Waals surface area contributed by atoms with Gasteiger partial charge in [0.1, 0.15) is 0 Å². The van der Waals surface area contributed by atoms with E-state index in [2.05, 4.69) is 19.2 Å². The Labute approximate surface area is 105 Å². The van der Waals surface area contributed by atoms with Crippen LogP contribution in [0.3, 0.4) is 0 Å². The molecular weight excluding hydrogens is 210 g/mol. The van der Waals surface area contributed by atoms with E-state index in [0.29, 0.717) is 17.2 Å². The Morgan fingerprint density at radius 1 is 1.24 bits per heavy atom. The van der Waals surface area contributed by atoms with Crippen LogP contribution in [0.5, 0.6) is 0 Å². The smallest absolute Gasteiger partial charge is 0.223 e. The van der Waals surface area contributed by atoms with Crippen molar-refractivity contribution >= 4 is 5.91 Å². The van der Waals surface area contributed by atoms with Gasteiger partial charge in [0.25, 0.3) is 0 Å². The van der Waals surface area contributed by atoms with Crippen LogP contribution in [-0.4, -0.2) is 12.5 Å². The van der Waals surface area contributed by atoms with Crippen molar-refractivity contribution in [1.82, 2.24) is 5.32 Å². The van der Waals surface area contributed by atoms with Gasteiger partial charge in [-0.2, -0.15) is 0 Å². The Bertz CT molecular complexity index is 317. The summed E-state index contributed by atoms with van der Waals surface area (Å²) in [7, 11) is 0. The third-order valence-electron chi connectivity index (χ3n) is 6.02. The number of carbonyl (C=O) groups excluding carboxylic acids is 1. The molecule has 2 heteroatoms. The second-order valence-electron chi connectivity index (χ2n) is 7.07. The maximum Gasteiger partial charge on any atom is 0.223 e. The van der Waals surface area contributed by atoms with Crippen molar-refractivity contribution in [1.29, 1.82) is 0 Å². The van der Waals surface area contributed by atoms with E-state index in [1.807, 2.05) is 0 Å². The first-order valence-corrected chi connectivity index (χ1v) is 7.36. The van der Waals surface area contributed by atoms with E-state index in [0.717, 1.165) is 37.1 Å². The minimum atomic E-state index is 0.329. The van der Waals surface area contributed by atoms with Crippen LogP contribution in [0.1, 0.15) is 52.4 Å². The van der Waals surface area contributed by atoms with Crippen LogP contribution in [0.25, 0.3) is 0 Å². The quantitative estimate of drug-likeness (QED) is 0.800. The number of fused-ring (bicyclic) bond motifs is 2. The van der Waals surface area contributed by atoms with E-state index in [9.17, 15) is 4.79 Å². The van der Waals surface area contributed by atoms with Crippen molar-refractivity contribution in [2.45, 2.75) is 52.4 Å². The molecule has 0 aromatic carbocycles. The fraction of sp³-hybridized carbons (Fsp3) is 0.933. The molecule has 0 spiro atoms. The molecule has 0 aromatic rings. The average Bonchev–Trinajstić information content (AvgIpc) is 2.24. The van der Waals surface area contributed by atoms with Crippen LogP contribution in [0, 0.1) is 29.1 Å². The molecule has 4 saturated carbocycles. The molecule has 1 amide bonds. The van der Waals surface area contributed by atoms with E-state index in [-0.39, 0.29) is 0 Å². The van der Waals surface area contributed by atoms with Gasteiger partial charge < -0.3 is 5.32 Å². The second kappa shape index (κ2) is 4.00. The molecule has 3 atom stereocenters. The average molecular weight is 235 g/mol. The van der Waals surface area contributed by atoms with Crippen molar-refractivity contribution < 1.29 is 4.79 Å². The summed E-state index contributed by atoms with van der Waals surface area (Å²) < 4.78 is 0. The number of hydrogen-bond donors (Lipinski definition) is 1. The first-order chi connectivity index (χ1) is 8.09. The lowest BCUT2D eigenvalue weighted by atomic mass is 9.45. The van der Waals surface area contributed by atoms with Gasteiger partial charge in [0.2, 0.25) is 5.91 Å². The van der Waals surface area contributed by atoms with E-state index in [1.165, 1.54) is 25.7 Å². The van der Waals surface area contributed by atoms with Crippen molar-refractivity contribution in [3.63, 3.8) is 0 Å². The van der Waals surface area contributed by atoms with Crippen LogP contribution in [0.2, 0.25) is 0 Å². The van der Waals surface area contributed by atoms with E-state index >= 15 is 0 Å². The second-order valence-corrected chi connectivity index (χ2v) is 7.07. The van der Waals surface area contributed by atoms with Gasteiger partial charge >= 0.3 is 0 Å². The zero-order chi connectivity index (χ0) is 12.0. The molecule has 4 aliphatic carbocycles. The summed E-state index contributed by atoms with van der Waals surface area (Å²) in [4.78, 5) is 11.8. The summed E-state index contributed by atoms with van der Waals surface area (Å²) in [6.07, 6.45) is 7.62. The van der Waals surface area contributed by atoms with Gasteiger partial charge in [0.15, 0.2) is 0 Å². The molecule has 4 fully saturated rings. The molecule has 4 rings (SSSR count). The summed E-state index contributed by atoms with van der Waals surface area (Å²) in [5.41, 5.74) is 0.546. The highest BCUT2D eigenvalue weighted by Gasteiger charge is 2.53. The SMILES string of the molecule is CC1(C)C2CCC(CNC(=O)C3CCC3)C1C2. The predicted octanol–water partition coefficient (Wildman–Crippen LogP) is 2.98. The highest BCUT2D eigenvalue weighted by molar-refractivity contribution is 5.79. The fourth-order valence-electron chi connectivity index (χ4n) is 4.25. The summed E-state index contributed by atoms with van der Waals surface area (Å²) in [6, 6.07) is 0. The number of carbonyl (C=O) groups is 1. The van der Waals surface area contributed by atoms with Crippen molar-refractivity contribution in [2.24, 2.45) is 29.1 Å². The highest BCUT2D eigenvalue weighted by Crippen LogP contribution is 2.61. The predicted molar refractivity (Wildman–Crippen MR) is 68.5 cm³/mol. The third kappa shape index (κ3) is 1.80. The molecule has 4 aliphatic rings. The van der Waals surface area contributed by atoms with Gasteiger partial charge in [0, 0.05) is 12.5 Å². The van der Waals surface area contributed by atoms with Gasteiger partial charge in [0.05, 0.1) is 0 Å². The van der Waals surface area contributed by atoms with Gasteiger partial charge in [-0.05, 0) is 55.3 Å². The Morgan fingerprint density at radius 2 is 2.00 bits per heavy atom. The molecule has 2 nitrogen and oxygen atoms in total. The number of nitrogens with one attached hydrogen (secondary N) is 1. The number of amides is 1. The Kier molecular flexibility index (Phi) is 2.72. The van der Waals surface area contributed by atoms with Crippen LogP contribution in [0.4, 0.5) is 0 Å². The fourth-order valence-corrected chi connectivity index (χ4v) is 4.25. The zero-order valence-corrected chi connectivity index (χ0v) is 11.2. The van der Waals surface area contributed by atoms with Gasteiger partial charge in [-0.25, -0.2) is 0 Å². The first kappa shape index (κ1) is 11.6. The van der Waals surface area contributed by atoms with Crippen LogP contribution in [0.15, 0.2) is 0 Å². The minimum Gasteiger partial charge on any atom is -0.356 e. The summed E-state index contributed by atoms with van der Waals surface area (Å²) in [5, 5.41) is 3.21. The summed E-state index contributed by atoms with van der Waals surface area (Å²) in [6.45, 7) is 5.79. The Morgan fingerprint density at radius 3 is 2.53 bits per heavy atom.